The molecular weight excluding hydrogens is 324 g/mol. The Morgan fingerprint density at radius 2 is 2.25 bits per heavy atom. The zero-order valence-corrected chi connectivity index (χ0v) is 12.8. The topological polar surface area (TPSA) is 75.2 Å². The molecule has 0 aliphatic rings. The highest BCUT2D eigenvalue weighted by molar-refractivity contribution is 9.10. The molecule has 0 fully saturated rings. The van der Waals surface area contributed by atoms with Crippen molar-refractivity contribution in [3.63, 3.8) is 0 Å². The number of rotatable bonds is 5. The lowest BCUT2D eigenvalue weighted by molar-refractivity contribution is 0.0693. The van der Waals surface area contributed by atoms with E-state index in [9.17, 15) is 4.79 Å². The number of hydrogen-bond donors (Lipinski definition) is 2. The van der Waals surface area contributed by atoms with Gasteiger partial charge in [0, 0.05) is 5.69 Å². The highest BCUT2D eigenvalue weighted by Crippen LogP contribution is 2.27. The van der Waals surface area contributed by atoms with Gasteiger partial charge in [0.05, 0.1) is 4.47 Å². The van der Waals surface area contributed by atoms with Crippen LogP contribution in [0.2, 0.25) is 0 Å². The molecule has 0 amide bonds. The van der Waals surface area contributed by atoms with E-state index in [1.165, 1.54) is 5.56 Å². The van der Waals surface area contributed by atoms with Crippen molar-refractivity contribution in [2.45, 2.75) is 26.9 Å². The summed E-state index contributed by atoms with van der Waals surface area (Å²) >= 11 is 3.44. The fraction of sp³-hybridized carbons (Fsp3) is 0.286. The van der Waals surface area contributed by atoms with E-state index in [4.69, 9.17) is 9.84 Å². The number of carboxylic acid groups (broad SMARTS) is 1. The number of hydrogen-bond acceptors (Lipinski definition) is 3. The Bertz CT molecular complexity index is 637. The van der Waals surface area contributed by atoms with E-state index in [2.05, 4.69) is 33.1 Å². The normalized spacial score (nSPS) is 10.6. The molecule has 0 aliphatic carbocycles. The standard InChI is InChI=1S/C14H15BrN2O3/c1-3-9-4-5-12(10(15)6-9)20-7-11-13(14(18)19)8(2)16-17-11/h4-6H,3,7H2,1-2H3,(H,16,17)(H,18,19). The number of nitrogens with zero attached hydrogens (tertiary/aromatic N) is 1. The van der Waals surface area contributed by atoms with Gasteiger partial charge in [-0.2, -0.15) is 5.10 Å². The molecule has 2 N–H and O–H groups in total. The maximum Gasteiger partial charge on any atom is 0.339 e. The van der Waals surface area contributed by atoms with Crippen molar-refractivity contribution in [2.75, 3.05) is 0 Å². The maximum atomic E-state index is 11.1. The van der Waals surface area contributed by atoms with Crippen molar-refractivity contribution < 1.29 is 14.6 Å². The predicted molar refractivity (Wildman–Crippen MR) is 78.1 cm³/mol. The zero-order valence-electron chi connectivity index (χ0n) is 11.2. The second kappa shape index (κ2) is 6.09. The van der Waals surface area contributed by atoms with Crippen LogP contribution in [0.1, 0.15) is 34.2 Å². The zero-order chi connectivity index (χ0) is 14.7. The number of halogens is 1. The third kappa shape index (κ3) is 3.01. The number of nitrogens with one attached hydrogen (secondary N) is 1. The van der Waals surface area contributed by atoms with Crippen LogP contribution in [0.25, 0.3) is 0 Å². The molecule has 0 atom stereocenters. The summed E-state index contributed by atoms with van der Waals surface area (Å²) in [4.78, 5) is 11.1. The van der Waals surface area contributed by atoms with Crippen LogP contribution in [0.4, 0.5) is 0 Å². The van der Waals surface area contributed by atoms with Gasteiger partial charge in [0.1, 0.15) is 23.6 Å². The molecule has 1 heterocycles. The minimum atomic E-state index is -1.00. The van der Waals surface area contributed by atoms with Crippen LogP contribution >= 0.6 is 15.9 Å². The van der Waals surface area contributed by atoms with Gasteiger partial charge in [-0.1, -0.05) is 13.0 Å². The second-order valence-electron chi connectivity index (χ2n) is 4.38. The molecule has 2 rings (SSSR count). The first-order valence-corrected chi connectivity index (χ1v) is 7.00. The molecule has 5 nitrogen and oxygen atoms in total. The van der Waals surface area contributed by atoms with Crippen LogP contribution in [-0.2, 0) is 13.0 Å². The van der Waals surface area contributed by atoms with E-state index in [1.54, 1.807) is 6.92 Å². The molecule has 0 saturated heterocycles. The Balaban J connectivity index is 2.15. The van der Waals surface area contributed by atoms with Crippen LogP contribution in [0.5, 0.6) is 5.75 Å². The second-order valence-corrected chi connectivity index (χ2v) is 5.24. The molecule has 0 aliphatic heterocycles. The first kappa shape index (κ1) is 14.6. The monoisotopic (exact) mass is 338 g/mol. The van der Waals surface area contributed by atoms with Gasteiger partial charge in [-0.05, 0) is 47.0 Å². The largest absolute Gasteiger partial charge is 0.486 e. The minimum Gasteiger partial charge on any atom is -0.486 e. The van der Waals surface area contributed by atoms with Gasteiger partial charge in [-0.15, -0.1) is 0 Å². The van der Waals surface area contributed by atoms with E-state index in [0.29, 0.717) is 17.1 Å². The van der Waals surface area contributed by atoms with E-state index in [0.717, 1.165) is 10.9 Å². The highest BCUT2D eigenvalue weighted by Gasteiger charge is 2.17. The number of aromatic amines is 1. The summed E-state index contributed by atoms with van der Waals surface area (Å²) in [5.74, 6) is -0.338. The van der Waals surface area contributed by atoms with Crippen LogP contribution in [-0.4, -0.2) is 21.3 Å². The summed E-state index contributed by atoms with van der Waals surface area (Å²) in [5, 5.41) is 15.8. The summed E-state index contributed by atoms with van der Waals surface area (Å²) in [7, 11) is 0. The lowest BCUT2D eigenvalue weighted by Crippen LogP contribution is -2.05. The minimum absolute atomic E-state index is 0.107. The fourth-order valence-electron chi connectivity index (χ4n) is 1.90. The predicted octanol–water partition coefficient (Wildman–Crippen LogP) is 3.32. The summed E-state index contributed by atoms with van der Waals surface area (Å²) < 4.78 is 6.48. The lowest BCUT2D eigenvalue weighted by Gasteiger charge is -2.08. The molecule has 6 heteroatoms. The summed E-state index contributed by atoms with van der Waals surface area (Å²) in [6, 6.07) is 5.83. The maximum absolute atomic E-state index is 11.1. The number of aryl methyl sites for hydroxylation is 2. The van der Waals surface area contributed by atoms with E-state index in [-0.39, 0.29) is 12.2 Å². The van der Waals surface area contributed by atoms with E-state index < -0.39 is 5.97 Å². The third-order valence-electron chi connectivity index (χ3n) is 3.00. The Morgan fingerprint density at radius 3 is 2.85 bits per heavy atom. The van der Waals surface area contributed by atoms with Gasteiger partial charge >= 0.3 is 5.97 Å². The number of ether oxygens (including phenoxy) is 1. The quantitative estimate of drug-likeness (QED) is 0.876. The number of carboxylic acids is 1. The Kier molecular flexibility index (Phi) is 4.44. The number of aromatic nitrogens is 2. The van der Waals surface area contributed by atoms with Crippen LogP contribution in [0.3, 0.4) is 0 Å². The SMILES string of the molecule is CCc1ccc(OCc2n[nH]c(C)c2C(=O)O)c(Br)c1. The molecule has 0 spiro atoms. The molecule has 20 heavy (non-hydrogen) atoms. The molecule has 0 radical (unpaired) electrons. The van der Waals surface area contributed by atoms with E-state index in [1.807, 2.05) is 18.2 Å². The van der Waals surface area contributed by atoms with Crippen molar-refractivity contribution in [2.24, 2.45) is 0 Å². The number of carbonyl (C=O) groups is 1. The van der Waals surface area contributed by atoms with Crippen molar-refractivity contribution >= 4 is 21.9 Å². The smallest absolute Gasteiger partial charge is 0.339 e. The Labute approximate surface area is 125 Å². The van der Waals surface area contributed by atoms with Gasteiger partial charge in [-0.3, -0.25) is 5.10 Å². The first-order valence-electron chi connectivity index (χ1n) is 6.21. The van der Waals surface area contributed by atoms with Gasteiger partial charge < -0.3 is 9.84 Å². The van der Waals surface area contributed by atoms with Crippen molar-refractivity contribution in [1.82, 2.24) is 10.2 Å². The van der Waals surface area contributed by atoms with Gasteiger partial charge in [0.25, 0.3) is 0 Å². The van der Waals surface area contributed by atoms with Crippen LogP contribution in [0.15, 0.2) is 22.7 Å². The number of H-pyrrole nitrogens is 1. The number of aromatic carboxylic acids is 1. The van der Waals surface area contributed by atoms with Crippen LogP contribution in [0, 0.1) is 6.92 Å². The average Bonchev–Trinajstić information content (AvgIpc) is 2.78. The van der Waals surface area contributed by atoms with Crippen molar-refractivity contribution in [1.29, 1.82) is 0 Å². The fourth-order valence-corrected chi connectivity index (χ4v) is 2.44. The molecule has 0 saturated carbocycles. The first-order chi connectivity index (χ1) is 9.52. The molecule has 1 aromatic heterocycles. The molecule has 0 bridgehead atoms. The summed E-state index contributed by atoms with van der Waals surface area (Å²) in [6.07, 6.45) is 0.945. The Hall–Kier alpha value is -1.82. The number of benzene rings is 1. The highest BCUT2D eigenvalue weighted by atomic mass is 79.9. The summed E-state index contributed by atoms with van der Waals surface area (Å²) in [5.41, 5.74) is 2.29. The Morgan fingerprint density at radius 1 is 1.50 bits per heavy atom. The molecule has 106 valence electrons. The average molecular weight is 339 g/mol. The molecular formula is C14H15BrN2O3. The molecule has 1 aromatic carbocycles. The lowest BCUT2D eigenvalue weighted by atomic mass is 10.2. The van der Waals surface area contributed by atoms with Crippen LogP contribution < -0.4 is 4.74 Å². The van der Waals surface area contributed by atoms with Gasteiger partial charge in [-0.25, -0.2) is 4.79 Å². The van der Waals surface area contributed by atoms with Crippen molar-refractivity contribution in [3.05, 3.63) is 45.2 Å². The van der Waals surface area contributed by atoms with Gasteiger partial charge in [0.15, 0.2) is 0 Å². The van der Waals surface area contributed by atoms with E-state index >= 15 is 0 Å². The third-order valence-corrected chi connectivity index (χ3v) is 3.62. The molecule has 0 unspecified atom stereocenters. The molecule has 2 aromatic rings. The summed E-state index contributed by atoms with van der Waals surface area (Å²) in [6.45, 7) is 3.86. The van der Waals surface area contributed by atoms with Gasteiger partial charge in [0.2, 0.25) is 0 Å². The van der Waals surface area contributed by atoms with Crippen molar-refractivity contribution in [3.8, 4) is 5.75 Å².